The van der Waals surface area contributed by atoms with E-state index in [9.17, 15) is 0 Å². The highest BCUT2D eigenvalue weighted by molar-refractivity contribution is 6.33. The number of nitrogens with one attached hydrogen (secondary N) is 1. The second-order valence-electron chi connectivity index (χ2n) is 4.17. The van der Waals surface area contributed by atoms with Gasteiger partial charge in [-0.05, 0) is 31.2 Å². The largest absolute Gasteiger partial charge is 0.497 e. The topological polar surface area (TPSA) is 34.4 Å². The SMILES string of the molecule is COc1ccc(Cl)c(NC(C)Cc2ccco2)c1. The molecule has 3 nitrogen and oxygen atoms in total. The van der Waals surface area contributed by atoms with Crippen molar-refractivity contribution < 1.29 is 9.15 Å². The summed E-state index contributed by atoms with van der Waals surface area (Å²) in [6, 6.07) is 9.63. The van der Waals surface area contributed by atoms with Gasteiger partial charge in [-0.1, -0.05) is 11.6 Å². The summed E-state index contributed by atoms with van der Waals surface area (Å²) in [5.74, 6) is 1.74. The van der Waals surface area contributed by atoms with Crippen LogP contribution >= 0.6 is 11.6 Å². The average molecular weight is 266 g/mol. The Bertz CT molecular complexity index is 497. The van der Waals surface area contributed by atoms with E-state index in [4.69, 9.17) is 20.8 Å². The van der Waals surface area contributed by atoms with Crippen LogP contribution in [0.25, 0.3) is 0 Å². The van der Waals surface area contributed by atoms with Gasteiger partial charge >= 0.3 is 0 Å². The molecule has 1 aromatic carbocycles. The van der Waals surface area contributed by atoms with Crippen molar-refractivity contribution in [2.75, 3.05) is 12.4 Å². The quantitative estimate of drug-likeness (QED) is 0.888. The van der Waals surface area contributed by atoms with Crippen LogP contribution in [-0.2, 0) is 6.42 Å². The summed E-state index contributed by atoms with van der Waals surface area (Å²) >= 11 is 6.14. The highest BCUT2D eigenvalue weighted by atomic mass is 35.5. The Balaban J connectivity index is 2.04. The van der Waals surface area contributed by atoms with E-state index in [0.29, 0.717) is 5.02 Å². The van der Waals surface area contributed by atoms with Crippen molar-refractivity contribution >= 4 is 17.3 Å². The third-order valence-corrected chi connectivity index (χ3v) is 2.99. The first-order valence-corrected chi connectivity index (χ1v) is 6.19. The zero-order valence-corrected chi connectivity index (χ0v) is 11.2. The Labute approximate surface area is 112 Å². The molecule has 0 spiro atoms. The lowest BCUT2D eigenvalue weighted by atomic mass is 10.2. The van der Waals surface area contributed by atoms with Gasteiger partial charge in [-0.2, -0.15) is 0 Å². The minimum Gasteiger partial charge on any atom is -0.497 e. The minimum absolute atomic E-state index is 0.223. The summed E-state index contributed by atoms with van der Waals surface area (Å²) < 4.78 is 10.5. The molecule has 2 rings (SSSR count). The maximum absolute atomic E-state index is 6.14. The van der Waals surface area contributed by atoms with E-state index in [1.54, 1.807) is 13.4 Å². The number of hydrogen-bond donors (Lipinski definition) is 1. The Morgan fingerprint density at radius 2 is 2.22 bits per heavy atom. The van der Waals surface area contributed by atoms with Gasteiger partial charge in [0.05, 0.1) is 24.1 Å². The maximum Gasteiger partial charge on any atom is 0.121 e. The molecule has 0 amide bonds. The Morgan fingerprint density at radius 3 is 2.89 bits per heavy atom. The van der Waals surface area contributed by atoms with E-state index in [1.807, 2.05) is 30.3 Å². The molecule has 0 radical (unpaired) electrons. The molecule has 0 aliphatic heterocycles. The van der Waals surface area contributed by atoms with Crippen LogP contribution in [0.2, 0.25) is 5.02 Å². The van der Waals surface area contributed by atoms with Gasteiger partial charge in [-0.3, -0.25) is 0 Å². The monoisotopic (exact) mass is 265 g/mol. The van der Waals surface area contributed by atoms with Crippen LogP contribution in [0, 0.1) is 0 Å². The predicted molar refractivity (Wildman–Crippen MR) is 73.5 cm³/mol. The molecule has 1 unspecified atom stereocenters. The summed E-state index contributed by atoms with van der Waals surface area (Å²) in [5.41, 5.74) is 0.870. The molecule has 0 saturated heterocycles. The average Bonchev–Trinajstić information content (AvgIpc) is 2.84. The van der Waals surface area contributed by atoms with E-state index in [-0.39, 0.29) is 6.04 Å². The lowest BCUT2D eigenvalue weighted by molar-refractivity contribution is 0.415. The summed E-state index contributed by atoms with van der Waals surface area (Å²) in [6.45, 7) is 2.08. The predicted octanol–water partition coefficient (Wildman–Crippen LogP) is 3.98. The number of benzene rings is 1. The van der Waals surface area contributed by atoms with Crippen LogP contribution in [0.4, 0.5) is 5.69 Å². The number of anilines is 1. The van der Waals surface area contributed by atoms with Gasteiger partial charge in [0.2, 0.25) is 0 Å². The van der Waals surface area contributed by atoms with Gasteiger partial charge in [0.15, 0.2) is 0 Å². The molecule has 0 saturated carbocycles. The summed E-state index contributed by atoms with van der Waals surface area (Å²) in [4.78, 5) is 0. The van der Waals surface area contributed by atoms with Crippen molar-refractivity contribution in [2.45, 2.75) is 19.4 Å². The molecular weight excluding hydrogens is 250 g/mol. The van der Waals surface area contributed by atoms with E-state index in [1.165, 1.54) is 0 Å². The molecule has 1 atom stereocenters. The zero-order chi connectivity index (χ0) is 13.0. The molecule has 18 heavy (non-hydrogen) atoms. The smallest absolute Gasteiger partial charge is 0.121 e. The van der Waals surface area contributed by atoms with Crippen LogP contribution in [0.1, 0.15) is 12.7 Å². The zero-order valence-electron chi connectivity index (χ0n) is 10.4. The van der Waals surface area contributed by atoms with Crippen molar-refractivity contribution in [3.63, 3.8) is 0 Å². The Kier molecular flexibility index (Phi) is 4.15. The fourth-order valence-electron chi connectivity index (χ4n) is 1.79. The van der Waals surface area contributed by atoms with Gasteiger partial charge in [-0.15, -0.1) is 0 Å². The summed E-state index contributed by atoms with van der Waals surface area (Å²) in [5, 5.41) is 4.03. The molecule has 96 valence electrons. The summed E-state index contributed by atoms with van der Waals surface area (Å²) in [6.07, 6.45) is 2.49. The van der Waals surface area contributed by atoms with Crippen molar-refractivity contribution in [1.82, 2.24) is 0 Å². The maximum atomic E-state index is 6.14. The molecule has 2 aromatic rings. The molecule has 4 heteroatoms. The first kappa shape index (κ1) is 12.8. The molecule has 1 N–H and O–H groups in total. The normalized spacial score (nSPS) is 12.2. The number of ether oxygens (including phenoxy) is 1. The van der Waals surface area contributed by atoms with Crippen molar-refractivity contribution in [3.8, 4) is 5.75 Å². The Hall–Kier alpha value is -1.61. The molecule has 1 heterocycles. The van der Waals surface area contributed by atoms with Gasteiger partial charge in [0, 0.05) is 18.5 Å². The minimum atomic E-state index is 0.223. The Morgan fingerprint density at radius 1 is 1.39 bits per heavy atom. The van der Waals surface area contributed by atoms with Crippen LogP contribution in [0.3, 0.4) is 0 Å². The molecule has 0 bridgehead atoms. The van der Waals surface area contributed by atoms with E-state index >= 15 is 0 Å². The molecule has 0 fully saturated rings. The summed E-state index contributed by atoms with van der Waals surface area (Å²) in [7, 11) is 1.64. The van der Waals surface area contributed by atoms with Crippen LogP contribution < -0.4 is 10.1 Å². The number of hydrogen-bond acceptors (Lipinski definition) is 3. The van der Waals surface area contributed by atoms with Gasteiger partial charge in [0.25, 0.3) is 0 Å². The lowest BCUT2D eigenvalue weighted by Gasteiger charge is -2.16. The molecule has 1 aromatic heterocycles. The third-order valence-electron chi connectivity index (χ3n) is 2.66. The standard InChI is InChI=1S/C14H16ClNO2/c1-10(8-12-4-3-7-18-12)16-14-9-11(17-2)5-6-13(14)15/h3-7,9-10,16H,8H2,1-2H3. The van der Waals surface area contributed by atoms with Crippen LogP contribution in [0.15, 0.2) is 41.0 Å². The second-order valence-corrected chi connectivity index (χ2v) is 4.58. The first-order chi connectivity index (χ1) is 8.69. The first-order valence-electron chi connectivity index (χ1n) is 5.81. The molecular formula is C14H16ClNO2. The van der Waals surface area contributed by atoms with Crippen LogP contribution in [-0.4, -0.2) is 13.2 Å². The second kappa shape index (κ2) is 5.83. The van der Waals surface area contributed by atoms with Gasteiger partial charge in [0.1, 0.15) is 11.5 Å². The third kappa shape index (κ3) is 3.20. The van der Waals surface area contributed by atoms with Gasteiger partial charge < -0.3 is 14.5 Å². The lowest BCUT2D eigenvalue weighted by Crippen LogP contribution is -2.18. The number of rotatable bonds is 5. The van der Waals surface area contributed by atoms with E-state index in [2.05, 4.69) is 12.2 Å². The molecule has 0 aliphatic rings. The highest BCUT2D eigenvalue weighted by Crippen LogP contribution is 2.27. The molecule has 0 aliphatic carbocycles. The van der Waals surface area contributed by atoms with Crippen molar-refractivity contribution in [1.29, 1.82) is 0 Å². The van der Waals surface area contributed by atoms with Crippen molar-refractivity contribution in [2.24, 2.45) is 0 Å². The van der Waals surface area contributed by atoms with E-state index < -0.39 is 0 Å². The van der Waals surface area contributed by atoms with Crippen LogP contribution in [0.5, 0.6) is 5.75 Å². The highest BCUT2D eigenvalue weighted by Gasteiger charge is 2.08. The number of furan rings is 1. The fourth-order valence-corrected chi connectivity index (χ4v) is 1.96. The van der Waals surface area contributed by atoms with Crippen molar-refractivity contribution in [3.05, 3.63) is 47.4 Å². The van der Waals surface area contributed by atoms with Gasteiger partial charge in [-0.25, -0.2) is 0 Å². The number of halogens is 1. The fraction of sp³-hybridized carbons (Fsp3) is 0.286. The number of methoxy groups -OCH3 is 1. The van der Waals surface area contributed by atoms with E-state index in [0.717, 1.165) is 23.6 Å².